The number of ether oxygens (including phenoxy) is 1. The standard InChI is InChI=1S/C32H31F2N7O4/c1-3-14-45-26-7-6-23(27(33)28(26)34)25-18-37-30-29(35-8-9-41(25)30)38-20-4-5-22(19(2)15-20)31(43)39-10-12-40(13-11-39)32(44)24-16-21(42)17-36-24/h1,4-9,15,18,21,24,36,42H,10-14,16-17H2,2H3,(H,35,38)/t21-,24+/m1/s1. The molecular formula is C32H31F2N7O4. The smallest absolute Gasteiger partial charge is 0.254 e. The first-order valence-corrected chi connectivity index (χ1v) is 14.5. The van der Waals surface area contributed by atoms with Crippen LogP contribution in [0.3, 0.4) is 0 Å². The van der Waals surface area contributed by atoms with Crippen molar-refractivity contribution in [1.29, 1.82) is 0 Å². The second kappa shape index (κ2) is 12.5. The highest BCUT2D eigenvalue weighted by Crippen LogP contribution is 2.32. The van der Waals surface area contributed by atoms with Gasteiger partial charge in [-0.3, -0.25) is 14.0 Å². The summed E-state index contributed by atoms with van der Waals surface area (Å²) in [6, 6.07) is 7.65. The summed E-state index contributed by atoms with van der Waals surface area (Å²) in [4.78, 5) is 38.4. The number of terminal acetylenes is 1. The summed E-state index contributed by atoms with van der Waals surface area (Å²) in [5, 5.41) is 16.0. The highest BCUT2D eigenvalue weighted by atomic mass is 19.2. The monoisotopic (exact) mass is 615 g/mol. The van der Waals surface area contributed by atoms with E-state index >= 15 is 4.39 Å². The molecule has 11 nitrogen and oxygen atoms in total. The second-order valence-corrected chi connectivity index (χ2v) is 11.0. The zero-order valence-corrected chi connectivity index (χ0v) is 24.5. The molecule has 45 heavy (non-hydrogen) atoms. The lowest BCUT2D eigenvalue weighted by atomic mass is 10.1. The number of hydrogen-bond acceptors (Lipinski definition) is 8. The molecular weight excluding hydrogens is 584 g/mol. The van der Waals surface area contributed by atoms with E-state index in [1.165, 1.54) is 24.5 Å². The van der Waals surface area contributed by atoms with Gasteiger partial charge in [-0.25, -0.2) is 14.4 Å². The van der Waals surface area contributed by atoms with Crippen molar-refractivity contribution in [2.45, 2.75) is 25.5 Å². The van der Waals surface area contributed by atoms with Gasteiger partial charge in [-0.1, -0.05) is 5.92 Å². The van der Waals surface area contributed by atoms with Crippen LogP contribution in [-0.4, -0.2) is 92.6 Å². The Morgan fingerprint density at radius 2 is 1.91 bits per heavy atom. The van der Waals surface area contributed by atoms with Crippen molar-refractivity contribution < 1.29 is 28.2 Å². The molecule has 2 aromatic heterocycles. The van der Waals surface area contributed by atoms with Crippen molar-refractivity contribution in [2.75, 3.05) is 44.6 Å². The van der Waals surface area contributed by atoms with Gasteiger partial charge in [0.1, 0.15) is 6.61 Å². The highest BCUT2D eigenvalue weighted by Gasteiger charge is 2.33. The predicted octanol–water partition coefficient (Wildman–Crippen LogP) is 2.75. The van der Waals surface area contributed by atoms with Crippen LogP contribution in [0, 0.1) is 30.9 Å². The van der Waals surface area contributed by atoms with Gasteiger partial charge in [0.15, 0.2) is 23.0 Å². The summed E-state index contributed by atoms with van der Waals surface area (Å²) in [6.07, 6.45) is 9.57. The number of carbonyl (C=O) groups is 2. The first-order chi connectivity index (χ1) is 21.7. The first-order valence-electron chi connectivity index (χ1n) is 14.5. The van der Waals surface area contributed by atoms with E-state index in [1.54, 1.807) is 32.5 Å². The Balaban J connectivity index is 1.15. The molecule has 2 amide bonds. The van der Waals surface area contributed by atoms with Crippen molar-refractivity contribution in [3.8, 4) is 29.4 Å². The molecule has 0 radical (unpaired) electrons. The number of aliphatic hydroxyl groups excluding tert-OH is 1. The van der Waals surface area contributed by atoms with Crippen LogP contribution in [0.4, 0.5) is 20.3 Å². The number of rotatable bonds is 7. The Morgan fingerprint density at radius 3 is 2.62 bits per heavy atom. The van der Waals surface area contributed by atoms with Gasteiger partial charge in [0.25, 0.3) is 5.91 Å². The molecule has 13 heteroatoms. The van der Waals surface area contributed by atoms with Gasteiger partial charge in [-0.15, -0.1) is 6.42 Å². The molecule has 2 aliphatic heterocycles. The van der Waals surface area contributed by atoms with Gasteiger partial charge in [0.05, 0.1) is 24.0 Å². The highest BCUT2D eigenvalue weighted by molar-refractivity contribution is 5.96. The van der Waals surface area contributed by atoms with Crippen LogP contribution in [0.2, 0.25) is 0 Å². The number of hydrogen-bond donors (Lipinski definition) is 3. The number of β-amino-alcohol motifs (C(OH)–C–C–N with tert-alkyl or cyclic N) is 1. The number of halogens is 2. The molecule has 2 fully saturated rings. The molecule has 2 atom stereocenters. The molecule has 2 saturated heterocycles. The summed E-state index contributed by atoms with van der Waals surface area (Å²) >= 11 is 0. The van der Waals surface area contributed by atoms with E-state index in [0.717, 1.165) is 5.56 Å². The number of benzene rings is 2. The van der Waals surface area contributed by atoms with Crippen molar-refractivity contribution >= 4 is 29.0 Å². The molecule has 4 aromatic rings. The summed E-state index contributed by atoms with van der Waals surface area (Å²) in [5.74, 6) is -0.0824. The lowest BCUT2D eigenvalue weighted by Gasteiger charge is -2.36. The lowest BCUT2D eigenvalue weighted by molar-refractivity contribution is -0.134. The summed E-state index contributed by atoms with van der Waals surface area (Å²) in [6.45, 7) is 3.75. The van der Waals surface area contributed by atoms with E-state index in [4.69, 9.17) is 11.2 Å². The minimum atomic E-state index is -1.15. The number of carbonyl (C=O) groups excluding carboxylic acids is 2. The number of piperazine rings is 1. The minimum Gasteiger partial charge on any atom is -0.478 e. The van der Waals surface area contributed by atoms with Crippen LogP contribution in [0.1, 0.15) is 22.3 Å². The number of imidazole rings is 1. The Bertz CT molecular complexity index is 1810. The number of nitrogens with zero attached hydrogens (tertiary/aromatic N) is 5. The molecule has 0 spiro atoms. The van der Waals surface area contributed by atoms with Gasteiger partial charge in [0, 0.05) is 61.9 Å². The largest absolute Gasteiger partial charge is 0.478 e. The molecule has 0 saturated carbocycles. The first kappa shape index (κ1) is 30.0. The maximum absolute atomic E-state index is 15.0. The van der Waals surface area contributed by atoms with Gasteiger partial charge in [-0.2, -0.15) is 4.39 Å². The van der Waals surface area contributed by atoms with Crippen LogP contribution in [-0.2, 0) is 4.79 Å². The van der Waals surface area contributed by atoms with Crippen LogP contribution in [0.15, 0.2) is 48.9 Å². The van der Waals surface area contributed by atoms with E-state index in [2.05, 4.69) is 26.5 Å². The molecule has 6 rings (SSSR count). The van der Waals surface area contributed by atoms with E-state index < -0.39 is 17.7 Å². The van der Waals surface area contributed by atoms with Crippen molar-refractivity contribution in [2.24, 2.45) is 0 Å². The fraction of sp³-hybridized carbons (Fsp3) is 0.312. The van der Waals surface area contributed by atoms with Crippen molar-refractivity contribution in [1.82, 2.24) is 29.5 Å². The van der Waals surface area contributed by atoms with E-state index in [0.29, 0.717) is 67.6 Å². The zero-order chi connectivity index (χ0) is 31.7. The Morgan fingerprint density at radius 1 is 1.13 bits per heavy atom. The lowest BCUT2D eigenvalue weighted by Crippen LogP contribution is -2.54. The molecule has 2 aliphatic rings. The fourth-order valence-corrected chi connectivity index (χ4v) is 5.71. The van der Waals surface area contributed by atoms with Crippen LogP contribution in [0.5, 0.6) is 5.75 Å². The number of nitrogens with one attached hydrogen (secondary N) is 2. The van der Waals surface area contributed by atoms with Crippen LogP contribution < -0.4 is 15.4 Å². The number of aryl methyl sites for hydroxylation is 1. The van der Waals surface area contributed by atoms with Crippen LogP contribution in [0.25, 0.3) is 16.9 Å². The van der Waals surface area contributed by atoms with Gasteiger partial charge >= 0.3 is 0 Å². The number of fused-ring (bicyclic) bond motifs is 1. The van der Waals surface area contributed by atoms with Crippen molar-refractivity contribution in [3.63, 3.8) is 0 Å². The maximum atomic E-state index is 15.0. The summed E-state index contributed by atoms with van der Waals surface area (Å²) in [5.41, 5.74) is 2.63. The third-order valence-corrected chi connectivity index (χ3v) is 8.07. The zero-order valence-electron chi connectivity index (χ0n) is 24.5. The Labute approximate surface area is 257 Å². The third kappa shape index (κ3) is 5.90. The Kier molecular flexibility index (Phi) is 8.34. The molecule has 0 unspecified atom stereocenters. The quantitative estimate of drug-likeness (QED) is 0.271. The van der Waals surface area contributed by atoms with Gasteiger partial charge < -0.3 is 30.3 Å². The van der Waals surface area contributed by atoms with Gasteiger partial charge in [-0.05, 0) is 49.2 Å². The number of aromatic nitrogens is 3. The minimum absolute atomic E-state index is 0.0110. The third-order valence-electron chi connectivity index (χ3n) is 8.07. The molecule has 4 heterocycles. The molecule has 232 valence electrons. The maximum Gasteiger partial charge on any atom is 0.254 e. The van der Waals surface area contributed by atoms with E-state index in [-0.39, 0.29) is 35.8 Å². The van der Waals surface area contributed by atoms with Gasteiger partial charge in [0.2, 0.25) is 11.7 Å². The van der Waals surface area contributed by atoms with E-state index in [1.807, 2.05) is 13.0 Å². The summed E-state index contributed by atoms with van der Waals surface area (Å²) in [7, 11) is 0. The van der Waals surface area contributed by atoms with E-state index in [9.17, 15) is 19.1 Å². The molecule has 0 aliphatic carbocycles. The predicted molar refractivity (Wildman–Crippen MR) is 162 cm³/mol. The molecule has 0 bridgehead atoms. The summed E-state index contributed by atoms with van der Waals surface area (Å²) < 4.78 is 36.3. The number of anilines is 2. The number of aliphatic hydroxyl groups is 1. The van der Waals surface area contributed by atoms with Crippen LogP contribution >= 0.6 is 0 Å². The normalized spacial score (nSPS) is 18.2. The SMILES string of the molecule is C#CCOc1ccc(-c2cnc3c(Nc4ccc(C(=O)N5CCN(C(=O)[C@@H]6C[C@@H](O)CN6)CC5)c(C)c4)nccn23)c(F)c1F. The molecule has 2 aromatic carbocycles. The topological polar surface area (TPSA) is 124 Å². The number of amides is 2. The average Bonchev–Trinajstić information content (AvgIpc) is 3.68. The molecule has 3 N–H and O–H groups in total. The van der Waals surface area contributed by atoms with Crippen molar-refractivity contribution in [3.05, 3.63) is 71.7 Å². The fourth-order valence-electron chi connectivity index (χ4n) is 5.71. The Hall–Kier alpha value is -5.06. The average molecular weight is 616 g/mol. The second-order valence-electron chi connectivity index (χ2n) is 11.0.